The van der Waals surface area contributed by atoms with Gasteiger partial charge in [-0.05, 0) is 37.6 Å². The van der Waals surface area contributed by atoms with Gasteiger partial charge in [-0.1, -0.05) is 40.9 Å². The van der Waals surface area contributed by atoms with E-state index in [1.54, 1.807) is 17.5 Å². The van der Waals surface area contributed by atoms with Crippen molar-refractivity contribution in [1.29, 1.82) is 0 Å². The van der Waals surface area contributed by atoms with E-state index in [0.29, 0.717) is 22.1 Å². The molecule has 1 amide bonds. The summed E-state index contributed by atoms with van der Waals surface area (Å²) in [7, 11) is 0. The van der Waals surface area contributed by atoms with Crippen molar-refractivity contribution in [2.45, 2.75) is 13.8 Å². The van der Waals surface area contributed by atoms with Gasteiger partial charge in [0.2, 0.25) is 0 Å². The average molecular weight is 369 g/mol. The van der Waals surface area contributed by atoms with Crippen molar-refractivity contribution >= 4 is 52.0 Å². The third-order valence-electron chi connectivity index (χ3n) is 3.48. The molecule has 7 heteroatoms. The Hall–Kier alpha value is -1.75. The molecule has 1 aromatic carbocycles. The number of aryl methyl sites for hydroxylation is 2. The van der Waals surface area contributed by atoms with E-state index in [2.05, 4.69) is 10.3 Å². The first-order valence-corrected chi connectivity index (χ1v) is 7.92. The van der Waals surface area contributed by atoms with Gasteiger partial charge in [-0.25, -0.2) is 4.98 Å². The fourth-order valence-corrected chi connectivity index (χ4v) is 3.34. The smallest absolute Gasteiger partial charge is 0.274 e. The fraction of sp³-hybridized carbons (Fsp3) is 0.125. The quantitative estimate of drug-likeness (QED) is 0.679. The summed E-state index contributed by atoms with van der Waals surface area (Å²) < 4.78 is 1.75. The van der Waals surface area contributed by atoms with Crippen LogP contribution >= 0.6 is 34.8 Å². The van der Waals surface area contributed by atoms with E-state index in [-0.39, 0.29) is 16.0 Å². The second-order valence-corrected chi connectivity index (χ2v) is 6.38. The van der Waals surface area contributed by atoms with E-state index in [1.165, 1.54) is 12.1 Å². The second kappa shape index (κ2) is 6.04. The summed E-state index contributed by atoms with van der Waals surface area (Å²) in [5, 5.41) is 3.69. The van der Waals surface area contributed by atoms with Crippen LogP contribution < -0.4 is 5.32 Å². The Kier molecular flexibility index (Phi) is 4.23. The molecule has 2 heterocycles. The highest BCUT2D eigenvalue weighted by molar-refractivity contribution is 6.42. The van der Waals surface area contributed by atoms with Gasteiger partial charge in [-0.3, -0.25) is 9.20 Å². The zero-order valence-corrected chi connectivity index (χ0v) is 14.6. The monoisotopic (exact) mass is 367 g/mol. The summed E-state index contributed by atoms with van der Waals surface area (Å²) in [6.07, 6.45) is 1.79. The van der Waals surface area contributed by atoms with Crippen molar-refractivity contribution in [2.24, 2.45) is 0 Å². The number of amides is 1. The number of pyridine rings is 1. The van der Waals surface area contributed by atoms with Gasteiger partial charge in [0, 0.05) is 11.2 Å². The van der Waals surface area contributed by atoms with Crippen LogP contribution in [0.5, 0.6) is 0 Å². The summed E-state index contributed by atoms with van der Waals surface area (Å²) >= 11 is 18.1. The van der Waals surface area contributed by atoms with Crippen molar-refractivity contribution < 1.29 is 4.79 Å². The van der Waals surface area contributed by atoms with Gasteiger partial charge in [0.15, 0.2) is 0 Å². The average Bonchev–Trinajstić information content (AvgIpc) is 2.80. The first-order chi connectivity index (χ1) is 10.9. The largest absolute Gasteiger partial charge is 0.318 e. The Morgan fingerprint density at radius 1 is 1.17 bits per heavy atom. The van der Waals surface area contributed by atoms with Crippen molar-refractivity contribution in [3.05, 3.63) is 62.5 Å². The number of hydrogen-bond donors (Lipinski definition) is 1. The lowest BCUT2D eigenvalue weighted by Gasteiger charge is -2.10. The number of aromatic nitrogens is 2. The molecule has 0 aliphatic heterocycles. The van der Waals surface area contributed by atoms with Gasteiger partial charge in [0.1, 0.15) is 11.3 Å². The van der Waals surface area contributed by atoms with E-state index in [0.717, 1.165) is 11.2 Å². The lowest BCUT2D eigenvalue weighted by molar-refractivity contribution is 0.102. The highest BCUT2D eigenvalue weighted by Gasteiger charge is 2.19. The maximum absolute atomic E-state index is 12.7. The summed E-state index contributed by atoms with van der Waals surface area (Å²) in [5.41, 5.74) is 3.11. The number of nitrogens with one attached hydrogen (secondary N) is 1. The van der Waals surface area contributed by atoms with Crippen molar-refractivity contribution in [2.75, 3.05) is 5.32 Å². The van der Waals surface area contributed by atoms with Crippen molar-refractivity contribution in [3.8, 4) is 0 Å². The Bertz CT molecular complexity index is 911. The molecule has 0 spiro atoms. The highest BCUT2D eigenvalue weighted by atomic mass is 35.5. The molecule has 1 N–H and O–H groups in total. The molecule has 0 radical (unpaired) electrons. The summed E-state index contributed by atoms with van der Waals surface area (Å²) in [6.45, 7) is 3.73. The molecule has 0 fully saturated rings. The maximum atomic E-state index is 12.7. The van der Waals surface area contributed by atoms with E-state index >= 15 is 0 Å². The number of hydrogen-bond acceptors (Lipinski definition) is 2. The summed E-state index contributed by atoms with van der Waals surface area (Å²) in [4.78, 5) is 17.1. The van der Waals surface area contributed by atoms with Crippen LogP contribution in [0.3, 0.4) is 0 Å². The molecule has 2 aromatic heterocycles. The second-order valence-electron chi connectivity index (χ2n) is 5.13. The normalized spacial score (nSPS) is 11.0. The molecule has 3 rings (SSSR count). The summed E-state index contributed by atoms with van der Waals surface area (Å²) in [5.74, 6) is -0.341. The zero-order chi connectivity index (χ0) is 16.7. The van der Waals surface area contributed by atoms with Gasteiger partial charge in [0.25, 0.3) is 5.91 Å². The third-order valence-corrected chi connectivity index (χ3v) is 4.29. The Morgan fingerprint density at radius 3 is 2.48 bits per heavy atom. The molecular formula is C16H12Cl3N3O. The standard InChI is InChI=1S/C16H12Cl3N3O/c1-8-4-3-5-22-14(9(2)20-15(8)22)16(23)21-13-11(18)6-10(17)7-12(13)19/h3-7H,1-2H3,(H,21,23). The number of fused-ring (bicyclic) bond motifs is 1. The van der Waals surface area contributed by atoms with Crippen molar-refractivity contribution in [3.63, 3.8) is 0 Å². The van der Waals surface area contributed by atoms with Crippen LogP contribution in [0.2, 0.25) is 15.1 Å². The minimum Gasteiger partial charge on any atom is -0.318 e. The van der Waals surface area contributed by atoms with Gasteiger partial charge >= 0.3 is 0 Å². The SMILES string of the molecule is Cc1nc2c(C)cccn2c1C(=O)Nc1c(Cl)cc(Cl)cc1Cl. The fourth-order valence-electron chi connectivity index (χ4n) is 2.43. The summed E-state index contributed by atoms with van der Waals surface area (Å²) in [6, 6.07) is 6.85. The van der Waals surface area contributed by atoms with Crippen LogP contribution in [0.15, 0.2) is 30.5 Å². The van der Waals surface area contributed by atoms with Crippen molar-refractivity contribution in [1.82, 2.24) is 9.38 Å². The predicted octanol–water partition coefficient (Wildman–Crippen LogP) is 5.16. The topological polar surface area (TPSA) is 46.4 Å². The van der Waals surface area contributed by atoms with Crippen LogP contribution in [-0.2, 0) is 0 Å². The first kappa shape index (κ1) is 16.1. The van der Waals surface area contributed by atoms with E-state index < -0.39 is 0 Å². The van der Waals surface area contributed by atoms with Crippen LogP contribution in [0.25, 0.3) is 5.65 Å². The van der Waals surface area contributed by atoms with Gasteiger partial charge < -0.3 is 5.32 Å². The molecule has 23 heavy (non-hydrogen) atoms. The molecule has 118 valence electrons. The number of rotatable bonds is 2. The molecule has 0 saturated heterocycles. The number of halogens is 3. The van der Waals surface area contributed by atoms with E-state index in [1.807, 2.05) is 19.1 Å². The Labute approximate surface area is 148 Å². The third kappa shape index (κ3) is 2.90. The molecule has 0 atom stereocenters. The van der Waals surface area contributed by atoms with Crippen LogP contribution in [-0.4, -0.2) is 15.3 Å². The van der Waals surface area contributed by atoms with Crippen LogP contribution in [0.4, 0.5) is 5.69 Å². The zero-order valence-electron chi connectivity index (χ0n) is 12.3. The predicted molar refractivity (Wildman–Crippen MR) is 94.1 cm³/mol. The lowest BCUT2D eigenvalue weighted by atomic mass is 10.2. The minimum atomic E-state index is -0.341. The number of imidazole rings is 1. The number of nitrogens with zero attached hydrogens (tertiary/aromatic N) is 2. The van der Waals surface area contributed by atoms with Crippen LogP contribution in [0, 0.1) is 13.8 Å². The minimum absolute atomic E-state index is 0.276. The van der Waals surface area contributed by atoms with E-state index in [4.69, 9.17) is 34.8 Å². The molecule has 4 nitrogen and oxygen atoms in total. The molecule has 0 saturated carbocycles. The molecule has 0 aliphatic carbocycles. The molecule has 0 aliphatic rings. The number of benzene rings is 1. The van der Waals surface area contributed by atoms with E-state index in [9.17, 15) is 4.79 Å². The lowest BCUT2D eigenvalue weighted by Crippen LogP contribution is -2.16. The Morgan fingerprint density at radius 2 is 1.83 bits per heavy atom. The molecule has 0 unspecified atom stereocenters. The maximum Gasteiger partial charge on any atom is 0.274 e. The first-order valence-electron chi connectivity index (χ1n) is 6.78. The van der Waals surface area contributed by atoms with Crippen LogP contribution in [0.1, 0.15) is 21.7 Å². The number of anilines is 1. The Balaban J connectivity index is 2.06. The van der Waals surface area contributed by atoms with Gasteiger partial charge in [-0.15, -0.1) is 0 Å². The molecule has 3 aromatic rings. The van der Waals surface area contributed by atoms with Gasteiger partial charge in [-0.2, -0.15) is 0 Å². The van der Waals surface area contributed by atoms with Gasteiger partial charge in [0.05, 0.1) is 21.4 Å². The number of carbonyl (C=O) groups is 1. The highest BCUT2D eigenvalue weighted by Crippen LogP contribution is 2.34. The number of carbonyl (C=O) groups excluding carboxylic acids is 1. The molecule has 0 bridgehead atoms. The molecular weight excluding hydrogens is 357 g/mol.